The molecule has 0 radical (unpaired) electrons. The highest BCUT2D eigenvalue weighted by atomic mass is 79.9. The number of hydrogen-bond donors (Lipinski definition) is 0. The molecule has 3 heteroatoms. The number of alkyl halides is 1. The first-order chi connectivity index (χ1) is 9.47. The summed E-state index contributed by atoms with van der Waals surface area (Å²) in [6.07, 6.45) is 1.13. The molecule has 0 saturated carbocycles. The van der Waals surface area contributed by atoms with E-state index in [-0.39, 0.29) is 4.83 Å². The molecule has 0 aliphatic heterocycles. The van der Waals surface area contributed by atoms with Crippen LogP contribution < -0.4 is 0 Å². The first-order valence-electron chi connectivity index (χ1n) is 6.65. The fraction of sp³-hybridized carbons (Fsp3) is 0.294. The SMILES string of the molecule is CC(C)Cc1ccc(C(Br)c2cc(Br)ccc2Br)cc1. The standard InChI is InChI=1S/C17H17Br3/c1-11(2)9-12-3-5-13(6-4-12)17(20)15-10-14(18)7-8-16(15)19/h3-8,10-11,17H,9H2,1-2H3. The maximum Gasteiger partial charge on any atom is 0.0656 e. The van der Waals surface area contributed by atoms with Gasteiger partial charge in [-0.25, -0.2) is 0 Å². The molecule has 0 amide bonds. The van der Waals surface area contributed by atoms with E-state index < -0.39 is 0 Å². The molecular formula is C17H17Br3. The molecule has 106 valence electrons. The maximum atomic E-state index is 3.80. The van der Waals surface area contributed by atoms with Crippen molar-refractivity contribution in [2.75, 3.05) is 0 Å². The third kappa shape index (κ3) is 4.19. The molecule has 0 aliphatic rings. The van der Waals surface area contributed by atoms with Crippen LogP contribution >= 0.6 is 47.8 Å². The lowest BCUT2D eigenvalue weighted by Crippen LogP contribution is -1.97. The van der Waals surface area contributed by atoms with Crippen LogP contribution in [0, 0.1) is 5.92 Å². The fourth-order valence-corrected chi connectivity index (χ4v) is 4.03. The van der Waals surface area contributed by atoms with Gasteiger partial charge in [0.2, 0.25) is 0 Å². The normalized spacial score (nSPS) is 12.7. The van der Waals surface area contributed by atoms with Crippen molar-refractivity contribution in [3.63, 3.8) is 0 Å². The van der Waals surface area contributed by atoms with Crippen molar-refractivity contribution in [1.29, 1.82) is 0 Å². The summed E-state index contributed by atoms with van der Waals surface area (Å²) in [5, 5.41) is 0. The molecule has 0 aromatic heterocycles. The van der Waals surface area contributed by atoms with Gasteiger partial charge in [-0.2, -0.15) is 0 Å². The molecule has 20 heavy (non-hydrogen) atoms. The number of hydrogen-bond acceptors (Lipinski definition) is 0. The van der Waals surface area contributed by atoms with Crippen LogP contribution in [0.25, 0.3) is 0 Å². The van der Waals surface area contributed by atoms with Crippen molar-refractivity contribution in [2.24, 2.45) is 5.92 Å². The Bertz CT molecular complexity index is 573. The zero-order valence-electron chi connectivity index (χ0n) is 11.5. The molecule has 0 spiro atoms. The van der Waals surface area contributed by atoms with Gasteiger partial charge in [-0.1, -0.05) is 85.9 Å². The second-order valence-electron chi connectivity index (χ2n) is 5.37. The molecule has 0 aliphatic carbocycles. The van der Waals surface area contributed by atoms with E-state index in [2.05, 4.69) is 98.0 Å². The maximum absolute atomic E-state index is 3.80. The van der Waals surface area contributed by atoms with Crippen molar-refractivity contribution in [3.05, 3.63) is 68.1 Å². The summed E-state index contributed by atoms with van der Waals surface area (Å²) in [5.74, 6) is 0.694. The van der Waals surface area contributed by atoms with Crippen LogP contribution in [0.2, 0.25) is 0 Å². The molecule has 1 atom stereocenters. The van der Waals surface area contributed by atoms with Crippen molar-refractivity contribution >= 4 is 47.8 Å². The summed E-state index contributed by atoms with van der Waals surface area (Å²) >= 11 is 11.0. The van der Waals surface area contributed by atoms with Crippen molar-refractivity contribution in [3.8, 4) is 0 Å². The minimum atomic E-state index is 0.197. The van der Waals surface area contributed by atoms with E-state index in [9.17, 15) is 0 Å². The van der Waals surface area contributed by atoms with Gasteiger partial charge in [-0.3, -0.25) is 0 Å². The average Bonchev–Trinajstić information content (AvgIpc) is 2.41. The van der Waals surface area contributed by atoms with Crippen LogP contribution in [-0.2, 0) is 6.42 Å². The summed E-state index contributed by atoms with van der Waals surface area (Å²) in [6, 6.07) is 15.1. The van der Waals surface area contributed by atoms with E-state index in [0.717, 1.165) is 15.4 Å². The molecule has 0 heterocycles. The monoisotopic (exact) mass is 458 g/mol. The first kappa shape index (κ1) is 16.3. The number of benzene rings is 2. The van der Waals surface area contributed by atoms with Crippen LogP contribution in [0.1, 0.15) is 35.4 Å². The topological polar surface area (TPSA) is 0 Å². The minimum absolute atomic E-state index is 0.197. The number of halogens is 3. The molecule has 0 N–H and O–H groups in total. The summed E-state index contributed by atoms with van der Waals surface area (Å²) < 4.78 is 2.21. The quantitative estimate of drug-likeness (QED) is 0.435. The van der Waals surface area contributed by atoms with Crippen LogP contribution in [0.15, 0.2) is 51.4 Å². The van der Waals surface area contributed by atoms with E-state index in [1.807, 2.05) is 6.07 Å². The Labute approximate surface area is 146 Å². The van der Waals surface area contributed by atoms with Gasteiger partial charge in [0.15, 0.2) is 0 Å². The molecular weight excluding hydrogens is 444 g/mol. The van der Waals surface area contributed by atoms with Crippen LogP contribution in [0.4, 0.5) is 0 Å². The van der Waals surface area contributed by atoms with E-state index in [4.69, 9.17) is 0 Å². The van der Waals surface area contributed by atoms with Gasteiger partial charge in [-0.15, -0.1) is 0 Å². The lowest BCUT2D eigenvalue weighted by Gasteiger charge is -2.14. The van der Waals surface area contributed by atoms with Gasteiger partial charge in [-0.05, 0) is 47.2 Å². The van der Waals surface area contributed by atoms with Crippen molar-refractivity contribution in [2.45, 2.75) is 25.1 Å². The highest BCUT2D eigenvalue weighted by molar-refractivity contribution is 9.11. The largest absolute Gasteiger partial charge is 0.0786 e. The predicted molar refractivity (Wildman–Crippen MR) is 97.6 cm³/mol. The van der Waals surface area contributed by atoms with E-state index in [1.54, 1.807) is 0 Å². The van der Waals surface area contributed by atoms with Gasteiger partial charge in [0.1, 0.15) is 0 Å². The van der Waals surface area contributed by atoms with Gasteiger partial charge in [0, 0.05) is 8.95 Å². The summed E-state index contributed by atoms with van der Waals surface area (Å²) in [5.41, 5.74) is 3.91. The second-order valence-corrected chi connectivity index (χ2v) is 8.05. The molecule has 0 saturated heterocycles. The van der Waals surface area contributed by atoms with E-state index in [1.165, 1.54) is 16.7 Å². The van der Waals surface area contributed by atoms with Crippen LogP contribution in [-0.4, -0.2) is 0 Å². The summed E-state index contributed by atoms with van der Waals surface area (Å²) in [6.45, 7) is 4.50. The summed E-state index contributed by atoms with van der Waals surface area (Å²) in [4.78, 5) is 0.197. The third-order valence-electron chi connectivity index (χ3n) is 3.15. The van der Waals surface area contributed by atoms with Gasteiger partial charge >= 0.3 is 0 Å². The van der Waals surface area contributed by atoms with Crippen LogP contribution in [0.5, 0.6) is 0 Å². The molecule has 2 rings (SSSR count). The smallest absolute Gasteiger partial charge is 0.0656 e. The Kier molecular flexibility index (Phi) is 5.88. The van der Waals surface area contributed by atoms with E-state index >= 15 is 0 Å². The molecule has 2 aromatic carbocycles. The average molecular weight is 461 g/mol. The van der Waals surface area contributed by atoms with Gasteiger partial charge < -0.3 is 0 Å². The Morgan fingerprint density at radius 3 is 2.20 bits per heavy atom. The lowest BCUT2D eigenvalue weighted by molar-refractivity contribution is 0.647. The Morgan fingerprint density at radius 1 is 0.950 bits per heavy atom. The Hall–Kier alpha value is -0.120. The molecule has 0 nitrogen and oxygen atoms in total. The zero-order valence-corrected chi connectivity index (χ0v) is 16.3. The van der Waals surface area contributed by atoms with Crippen LogP contribution in [0.3, 0.4) is 0 Å². The minimum Gasteiger partial charge on any atom is -0.0786 e. The first-order valence-corrected chi connectivity index (χ1v) is 9.15. The molecule has 0 bridgehead atoms. The number of rotatable bonds is 4. The third-order valence-corrected chi connectivity index (χ3v) is 5.38. The fourth-order valence-electron chi connectivity index (χ4n) is 2.18. The zero-order chi connectivity index (χ0) is 14.7. The summed E-state index contributed by atoms with van der Waals surface area (Å²) in [7, 11) is 0. The van der Waals surface area contributed by atoms with Gasteiger partial charge in [0.25, 0.3) is 0 Å². The van der Waals surface area contributed by atoms with E-state index in [0.29, 0.717) is 5.92 Å². The molecule has 2 aromatic rings. The van der Waals surface area contributed by atoms with Crippen molar-refractivity contribution in [1.82, 2.24) is 0 Å². The highest BCUT2D eigenvalue weighted by Gasteiger charge is 2.14. The molecule has 0 fully saturated rings. The Morgan fingerprint density at radius 2 is 1.60 bits per heavy atom. The lowest BCUT2D eigenvalue weighted by atomic mass is 9.99. The molecule has 1 unspecified atom stereocenters. The highest BCUT2D eigenvalue weighted by Crippen LogP contribution is 2.36. The Balaban J connectivity index is 2.24. The predicted octanol–water partition coefficient (Wildman–Crippen LogP) is 6.89. The van der Waals surface area contributed by atoms with Crippen molar-refractivity contribution < 1.29 is 0 Å². The van der Waals surface area contributed by atoms with Gasteiger partial charge in [0.05, 0.1) is 4.83 Å². The second kappa shape index (κ2) is 7.24.